The fourth-order valence-electron chi connectivity index (χ4n) is 1.19. The standard InChI is InChI=1S/C10H15NS2/c1-6-4-5-9(13-6)7(2)8(3)10(11)12/h4-5,7-8H,1-3H3,(H2,11,12). The molecular weight excluding hydrogens is 198 g/mol. The van der Waals surface area contributed by atoms with Crippen LogP contribution in [0.2, 0.25) is 0 Å². The average molecular weight is 213 g/mol. The molecule has 1 aromatic rings. The van der Waals surface area contributed by atoms with Gasteiger partial charge < -0.3 is 5.73 Å². The molecule has 0 radical (unpaired) electrons. The van der Waals surface area contributed by atoms with Gasteiger partial charge in [0.25, 0.3) is 0 Å². The monoisotopic (exact) mass is 213 g/mol. The van der Waals surface area contributed by atoms with Crippen LogP contribution in [0, 0.1) is 12.8 Å². The largest absolute Gasteiger partial charge is 0.393 e. The Labute approximate surface area is 89.0 Å². The van der Waals surface area contributed by atoms with Crippen molar-refractivity contribution in [3.05, 3.63) is 21.9 Å². The number of hydrogen-bond acceptors (Lipinski definition) is 2. The van der Waals surface area contributed by atoms with Crippen LogP contribution in [0.25, 0.3) is 0 Å². The third-order valence-corrected chi connectivity index (χ3v) is 3.98. The zero-order chi connectivity index (χ0) is 10.0. The Morgan fingerprint density at radius 3 is 2.46 bits per heavy atom. The highest BCUT2D eigenvalue weighted by Gasteiger charge is 2.17. The zero-order valence-corrected chi connectivity index (χ0v) is 9.84. The normalized spacial score (nSPS) is 15.3. The van der Waals surface area contributed by atoms with Crippen LogP contribution in [-0.4, -0.2) is 4.99 Å². The van der Waals surface area contributed by atoms with E-state index in [0.717, 1.165) is 0 Å². The molecule has 0 aliphatic rings. The van der Waals surface area contributed by atoms with Gasteiger partial charge in [-0.25, -0.2) is 0 Å². The molecule has 0 aliphatic heterocycles. The van der Waals surface area contributed by atoms with Gasteiger partial charge in [0.2, 0.25) is 0 Å². The number of aryl methyl sites for hydroxylation is 1. The SMILES string of the molecule is Cc1ccc(C(C)C(C)C(N)=S)s1. The molecule has 1 rings (SSSR count). The highest BCUT2D eigenvalue weighted by molar-refractivity contribution is 7.80. The van der Waals surface area contributed by atoms with Crippen LogP contribution in [0.4, 0.5) is 0 Å². The molecule has 0 aliphatic carbocycles. The lowest BCUT2D eigenvalue weighted by Crippen LogP contribution is -2.22. The smallest absolute Gasteiger partial charge is 0.0762 e. The Balaban J connectivity index is 2.78. The molecule has 0 saturated carbocycles. The van der Waals surface area contributed by atoms with Gasteiger partial charge in [0.1, 0.15) is 0 Å². The summed E-state index contributed by atoms with van der Waals surface area (Å²) < 4.78 is 0. The van der Waals surface area contributed by atoms with Crippen LogP contribution < -0.4 is 5.73 Å². The highest BCUT2D eigenvalue weighted by atomic mass is 32.1. The fourth-order valence-corrected chi connectivity index (χ4v) is 2.43. The number of thiophene rings is 1. The summed E-state index contributed by atoms with van der Waals surface area (Å²) in [4.78, 5) is 3.33. The van der Waals surface area contributed by atoms with E-state index in [1.807, 2.05) is 11.3 Å². The van der Waals surface area contributed by atoms with Crippen LogP contribution >= 0.6 is 23.6 Å². The molecule has 13 heavy (non-hydrogen) atoms. The van der Waals surface area contributed by atoms with Gasteiger partial charge >= 0.3 is 0 Å². The van der Waals surface area contributed by atoms with Gasteiger partial charge in [-0.2, -0.15) is 0 Å². The van der Waals surface area contributed by atoms with E-state index < -0.39 is 0 Å². The Hall–Kier alpha value is -0.410. The number of hydrogen-bond donors (Lipinski definition) is 1. The predicted octanol–water partition coefficient (Wildman–Crippen LogP) is 3.08. The second-order valence-electron chi connectivity index (χ2n) is 3.43. The summed E-state index contributed by atoms with van der Waals surface area (Å²) in [5.74, 6) is 0.726. The summed E-state index contributed by atoms with van der Waals surface area (Å²) in [5.41, 5.74) is 5.62. The van der Waals surface area contributed by atoms with Crippen molar-refractivity contribution < 1.29 is 0 Å². The quantitative estimate of drug-likeness (QED) is 0.781. The van der Waals surface area contributed by atoms with Crippen molar-refractivity contribution in [2.24, 2.45) is 11.7 Å². The van der Waals surface area contributed by atoms with E-state index in [-0.39, 0.29) is 5.92 Å². The van der Waals surface area contributed by atoms with Crippen molar-refractivity contribution in [2.45, 2.75) is 26.7 Å². The van der Waals surface area contributed by atoms with E-state index in [9.17, 15) is 0 Å². The molecule has 1 nitrogen and oxygen atoms in total. The number of rotatable bonds is 3. The molecule has 1 heterocycles. The fraction of sp³-hybridized carbons (Fsp3) is 0.500. The second kappa shape index (κ2) is 4.20. The average Bonchev–Trinajstić information content (AvgIpc) is 2.49. The van der Waals surface area contributed by atoms with Gasteiger partial charge in [-0.05, 0) is 25.0 Å². The molecule has 2 N–H and O–H groups in total. The van der Waals surface area contributed by atoms with Crippen molar-refractivity contribution in [2.75, 3.05) is 0 Å². The maximum atomic E-state index is 5.62. The first-order chi connectivity index (χ1) is 6.02. The summed E-state index contributed by atoms with van der Waals surface area (Å²) in [6.45, 7) is 6.38. The van der Waals surface area contributed by atoms with Crippen molar-refractivity contribution in [3.63, 3.8) is 0 Å². The molecular formula is C10H15NS2. The number of thiocarbonyl (C=S) groups is 1. The predicted molar refractivity (Wildman–Crippen MR) is 63.4 cm³/mol. The molecule has 1 aromatic heterocycles. The summed E-state index contributed by atoms with van der Waals surface area (Å²) in [6.07, 6.45) is 0. The van der Waals surface area contributed by atoms with Crippen LogP contribution in [0.5, 0.6) is 0 Å². The molecule has 0 fully saturated rings. The van der Waals surface area contributed by atoms with E-state index in [2.05, 4.69) is 32.9 Å². The zero-order valence-electron chi connectivity index (χ0n) is 8.20. The number of nitrogens with two attached hydrogens (primary N) is 1. The molecule has 0 aromatic carbocycles. The summed E-state index contributed by atoms with van der Waals surface area (Å²) >= 11 is 6.81. The van der Waals surface area contributed by atoms with E-state index >= 15 is 0 Å². The van der Waals surface area contributed by atoms with Gasteiger partial charge in [0.05, 0.1) is 4.99 Å². The first-order valence-corrected chi connectivity index (χ1v) is 5.60. The second-order valence-corrected chi connectivity index (χ2v) is 5.22. The summed E-state index contributed by atoms with van der Waals surface area (Å²) in [6, 6.07) is 4.31. The minimum absolute atomic E-state index is 0.285. The lowest BCUT2D eigenvalue weighted by Gasteiger charge is -2.16. The summed E-state index contributed by atoms with van der Waals surface area (Å²) in [5, 5.41) is 0. The maximum absolute atomic E-state index is 5.62. The van der Waals surface area contributed by atoms with Crippen molar-refractivity contribution in [3.8, 4) is 0 Å². The lowest BCUT2D eigenvalue weighted by molar-refractivity contribution is 0.637. The van der Waals surface area contributed by atoms with Crippen LogP contribution in [0.15, 0.2) is 12.1 Å². The molecule has 72 valence electrons. The Morgan fingerprint density at radius 1 is 1.46 bits per heavy atom. The van der Waals surface area contributed by atoms with Crippen molar-refractivity contribution in [1.29, 1.82) is 0 Å². The third-order valence-electron chi connectivity index (χ3n) is 2.41. The van der Waals surface area contributed by atoms with E-state index in [4.69, 9.17) is 18.0 Å². The summed E-state index contributed by atoms with van der Waals surface area (Å²) in [7, 11) is 0. The minimum atomic E-state index is 0.285. The molecule has 2 atom stereocenters. The highest BCUT2D eigenvalue weighted by Crippen LogP contribution is 2.29. The Bertz CT molecular complexity index is 304. The molecule has 3 heteroatoms. The van der Waals surface area contributed by atoms with Crippen LogP contribution in [-0.2, 0) is 0 Å². The molecule has 0 saturated heterocycles. The van der Waals surface area contributed by atoms with E-state index in [1.54, 1.807) is 0 Å². The van der Waals surface area contributed by atoms with Gasteiger partial charge in [-0.15, -0.1) is 11.3 Å². The Kier molecular flexibility index (Phi) is 3.45. The Morgan fingerprint density at radius 2 is 2.08 bits per heavy atom. The van der Waals surface area contributed by atoms with Gasteiger partial charge in [-0.1, -0.05) is 26.1 Å². The van der Waals surface area contributed by atoms with Crippen molar-refractivity contribution in [1.82, 2.24) is 0 Å². The lowest BCUT2D eigenvalue weighted by atomic mass is 9.95. The van der Waals surface area contributed by atoms with E-state index in [0.29, 0.717) is 10.9 Å². The molecule has 0 bridgehead atoms. The van der Waals surface area contributed by atoms with Gasteiger partial charge in [0.15, 0.2) is 0 Å². The maximum Gasteiger partial charge on any atom is 0.0762 e. The molecule has 2 unspecified atom stereocenters. The van der Waals surface area contributed by atoms with Crippen LogP contribution in [0.3, 0.4) is 0 Å². The topological polar surface area (TPSA) is 26.0 Å². The minimum Gasteiger partial charge on any atom is -0.393 e. The molecule has 0 spiro atoms. The van der Waals surface area contributed by atoms with Crippen LogP contribution in [0.1, 0.15) is 29.5 Å². The van der Waals surface area contributed by atoms with Gasteiger partial charge in [0, 0.05) is 15.7 Å². The first kappa shape index (κ1) is 10.7. The van der Waals surface area contributed by atoms with Gasteiger partial charge in [-0.3, -0.25) is 0 Å². The van der Waals surface area contributed by atoms with E-state index in [1.165, 1.54) is 9.75 Å². The van der Waals surface area contributed by atoms with Crippen molar-refractivity contribution >= 4 is 28.5 Å². The molecule has 0 amide bonds. The third kappa shape index (κ3) is 2.51. The first-order valence-electron chi connectivity index (χ1n) is 4.38.